The quantitative estimate of drug-likeness (QED) is 0.666. The van der Waals surface area contributed by atoms with Gasteiger partial charge >= 0.3 is 5.97 Å². The number of aliphatic hydroxyl groups is 3. The van der Waals surface area contributed by atoms with Gasteiger partial charge in [-0.3, -0.25) is 4.79 Å². The Morgan fingerprint density at radius 2 is 1.89 bits per heavy atom. The van der Waals surface area contributed by atoms with Crippen LogP contribution in [0.15, 0.2) is 30.3 Å². The third-order valence-electron chi connectivity index (χ3n) is 3.09. The van der Waals surface area contributed by atoms with Gasteiger partial charge in [-0.25, -0.2) is 0 Å². The van der Waals surface area contributed by atoms with Crippen LogP contribution in [0.25, 0.3) is 0 Å². The molecule has 0 bridgehead atoms. The molecule has 0 amide bonds. The SMILES string of the molecule is O=C1CC[C@H](O)[C@H]([C@@H](O)[C@@H](O)c2ccccc2)O1. The first-order valence-electron chi connectivity index (χ1n) is 5.88. The molecule has 5 heteroatoms. The number of aliphatic hydroxyl groups excluding tert-OH is 3. The molecular weight excluding hydrogens is 236 g/mol. The summed E-state index contributed by atoms with van der Waals surface area (Å²) in [5.74, 6) is -0.468. The molecule has 3 N–H and O–H groups in total. The van der Waals surface area contributed by atoms with Gasteiger partial charge in [0.25, 0.3) is 0 Å². The monoisotopic (exact) mass is 252 g/mol. The van der Waals surface area contributed by atoms with Crippen LogP contribution in [0.5, 0.6) is 0 Å². The molecule has 0 aromatic heterocycles. The van der Waals surface area contributed by atoms with Gasteiger partial charge in [-0.05, 0) is 12.0 Å². The molecule has 1 saturated heterocycles. The first-order chi connectivity index (χ1) is 8.59. The fourth-order valence-corrected chi connectivity index (χ4v) is 2.04. The van der Waals surface area contributed by atoms with Crippen LogP contribution in [-0.2, 0) is 9.53 Å². The first-order valence-corrected chi connectivity index (χ1v) is 5.88. The minimum Gasteiger partial charge on any atom is -0.457 e. The lowest BCUT2D eigenvalue weighted by atomic mass is 9.94. The largest absolute Gasteiger partial charge is 0.457 e. The molecule has 1 aliphatic rings. The molecule has 2 rings (SSSR count). The second kappa shape index (κ2) is 5.48. The van der Waals surface area contributed by atoms with Crippen LogP contribution in [0, 0.1) is 0 Å². The number of carbonyl (C=O) groups excluding carboxylic acids is 1. The summed E-state index contributed by atoms with van der Waals surface area (Å²) in [6, 6.07) is 8.57. The lowest BCUT2D eigenvalue weighted by molar-refractivity contribution is -0.183. The van der Waals surface area contributed by atoms with Gasteiger partial charge in [-0.15, -0.1) is 0 Å². The van der Waals surface area contributed by atoms with E-state index in [9.17, 15) is 20.1 Å². The Kier molecular flexibility index (Phi) is 3.96. The number of benzene rings is 1. The Balaban J connectivity index is 2.10. The highest BCUT2D eigenvalue weighted by Gasteiger charge is 2.38. The van der Waals surface area contributed by atoms with Gasteiger partial charge in [0.1, 0.15) is 12.2 Å². The number of carbonyl (C=O) groups is 1. The zero-order valence-corrected chi connectivity index (χ0v) is 9.77. The second-order valence-corrected chi connectivity index (χ2v) is 4.41. The Morgan fingerprint density at radius 3 is 2.56 bits per heavy atom. The molecule has 4 atom stereocenters. The van der Waals surface area contributed by atoms with Crippen molar-refractivity contribution in [2.75, 3.05) is 0 Å². The number of rotatable bonds is 3. The Hall–Kier alpha value is -1.43. The molecule has 98 valence electrons. The van der Waals surface area contributed by atoms with Gasteiger partial charge in [-0.1, -0.05) is 30.3 Å². The molecule has 0 spiro atoms. The zero-order chi connectivity index (χ0) is 13.1. The third-order valence-corrected chi connectivity index (χ3v) is 3.09. The van der Waals surface area contributed by atoms with Crippen molar-refractivity contribution in [2.24, 2.45) is 0 Å². The van der Waals surface area contributed by atoms with Crippen LogP contribution in [0.4, 0.5) is 0 Å². The molecule has 0 unspecified atom stereocenters. The molecule has 1 aromatic rings. The van der Waals surface area contributed by atoms with Gasteiger partial charge in [0, 0.05) is 6.42 Å². The molecule has 0 saturated carbocycles. The van der Waals surface area contributed by atoms with E-state index in [1.165, 1.54) is 0 Å². The van der Waals surface area contributed by atoms with Crippen molar-refractivity contribution in [2.45, 2.75) is 37.3 Å². The highest BCUT2D eigenvalue weighted by Crippen LogP contribution is 2.26. The van der Waals surface area contributed by atoms with Crippen LogP contribution in [0.3, 0.4) is 0 Å². The van der Waals surface area contributed by atoms with Crippen LogP contribution in [-0.4, -0.2) is 39.6 Å². The van der Waals surface area contributed by atoms with Crippen molar-refractivity contribution >= 4 is 5.97 Å². The van der Waals surface area contributed by atoms with E-state index in [-0.39, 0.29) is 12.8 Å². The van der Waals surface area contributed by atoms with E-state index in [2.05, 4.69) is 0 Å². The number of hydrogen-bond acceptors (Lipinski definition) is 5. The van der Waals surface area contributed by atoms with Crippen molar-refractivity contribution in [3.05, 3.63) is 35.9 Å². The van der Waals surface area contributed by atoms with E-state index < -0.39 is 30.4 Å². The Bertz CT molecular complexity index is 405. The maximum absolute atomic E-state index is 11.2. The number of cyclic esters (lactones) is 1. The molecule has 1 aromatic carbocycles. The highest BCUT2D eigenvalue weighted by atomic mass is 16.6. The van der Waals surface area contributed by atoms with Crippen LogP contribution < -0.4 is 0 Å². The Morgan fingerprint density at radius 1 is 1.22 bits per heavy atom. The Labute approximate surface area is 105 Å². The van der Waals surface area contributed by atoms with E-state index in [1.54, 1.807) is 30.3 Å². The summed E-state index contributed by atoms with van der Waals surface area (Å²) in [4.78, 5) is 11.2. The molecular formula is C13H16O5. The standard InChI is InChI=1S/C13H16O5/c14-9-6-7-10(15)18-13(9)12(17)11(16)8-4-2-1-3-5-8/h1-5,9,11-14,16-17H,6-7H2/t9-,11-,12-,13+/m0/s1. The number of esters is 1. The van der Waals surface area contributed by atoms with Crippen LogP contribution in [0.1, 0.15) is 24.5 Å². The fraction of sp³-hybridized carbons (Fsp3) is 0.462. The van der Waals surface area contributed by atoms with Gasteiger partial charge in [0.2, 0.25) is 0 Å². The van der Waals surface area contributed by atoms with Crippen molar-refractivity contribution in [1.29, 1.82) is 0 Å². The first kappa shape index (κ1) is 13.0. The molecule has 18 heavy (non-hydrogen) atoms. The minimum absolute atomic E-state index is 0.131. The maximum atomic E-state index is 11.2. The average molecular weight is 252 g/mol. The number of ether oxygens (including phenoxy) is 1. The summed E-state index contributed by atoms with van der Waals surface area (Å²) in [5.41, 5.74) is 0.513. The summed E-state index contributed by atoms with van der Waals surface area (Å²) in [5, 5.41) is 29.7. The average Bonchev–Trinajstić information content (AvgIpc) is 2.41. The van der Waals surface area contributed by atoms with Crippen LogP contribution >= 0.6 is 0 Å². The van der Waals surface area contributed by atoms with E-state index in [0.717, 1.165) is 0 Å². The smallest absolute Gasteiger partial charge is 0.306 e. The second-order valence-electron chi connectivity index (χ2n) is 4.41. The van der Waals surface area contributed by atoms with Gasteiger partial charge in [0.05, 0.1) is 6.10 Å². The predicted molar refractivity (Wildman–Crippen MR) is 62.5 cm³/mol. The van der Waals surface area contributed by atoms with Gasteiger partial charge in [-0.2, -0.15) is 0 Å². The van der Waals surface area contributed by atoms with E-state index in [1.807, 2.05) is 0 Å². The van der Waals surface area contributed by atoms with Crippen molar-refractivity contribution in [3.8, 4) is 0 Å². The summed E-state index contributed by atoms with van der Waals surface area (Å²) >= 11 is 0. The van der Waals surface area contributed by atoms with Crippen molar-refractivity contribution < 1.29 is 24.9 Å². The minimum atomic E-state index is -1.34. The van der Waals surface area contributed by atoms with Crippen molar-refractivity contribution in [1.82, 2.24) is 0 Å². The highest BCUT2D eigenvalue weighted by molar-refractivity contribution is 5.70. The van der Waals surface area contributed by atoms with Crippen molar-refractivity contribution in [3.63, 3.8) is 0 Å². The van der Waals surface area contributed by atoms with Gasteiger partial charge < -0.3 is 20.1 Å². The summed E-state index contributed by atoms with van der Waals surface area (Å²) in [6.07, 6.45) is -4.20. The molecule has 0 radical (unpaired) electrons. The number of hydrogen-bond donors (Lipinski definition) is 3. The predicted octanol–water partition coefficient (Wildman–Crippen LogP) is 0.147. The van der Waals surface area contributed by atoms with E-state index >= 15 is 0 Å². The molecule has 0 aliphatic carbocycles. The zero-order valence-electron chi connectivity index (χ0n) is 9.77. The van der Waals surface area contributed by atoms with Crippen LogP contribution in [0.2, 0.25) is 0 Å². The van der Waals surface area contributed by atoms with E-state index in [0.29, 0.717) is 5.56 Å². The van der Waals surface area contributed by atoms with E-state index in [4.69, 9.17) is 4.74 Å². The molecule has 1 aliphatic heterocycles. The summed E-state index contributed by atoms with van der Waals surface area (Å²) in [6.45, 7) is 0. The molecule has 1 fully saturated rings. The summed E-state index contributed by atoms with van der Waals surface area (Å²) < 4.78 is 4.90. The molecule has 1 heterocycles. The summed E-state index contributed by atoms with van der Waals surface area (Å²) in [7, 11) is 0. The molecule has 5 nitrogen and oxygen atoms in total. The fourth-order valence-electron chi connectivity index (χ4n) is 2.04. The maximum Gasteiger partial charge on any atom is 0.306 e. The normalized spacial score (nSPS) is 27.4. The topological polar surface area (TPSA) is 87.0 Å². The third kappa shape index (κ3) is 2.69. The lowest BCUT2D eigenvalue weighted by Crippen LogP contribution is -2.47. The lowest BCUT2D eigenvalue weighted by Gasteiger charge is -2.33. The van der Waals surface area contributed by atoms with Gasteiger partial charge in [0.15, 0.2) is 6.10 Å².